The van der Waals surface area contributed by atoms with Gasteiger partial charge in [0.15, 0.2) is 11.5 Å². The molecule has 1 aliphatic heterocycles. The zero-order chi connectivity index (χ0) is 21.3. The summed E-state index contributed by atoms with van der Waals surface area (Å²) in [5.41, 5.74) is 6.27. The van der Waals surface area contributed by atoms with Crippen LogP contribution in [0.25, 0.3) is 0 Å². The van der Waals surface area contributed by atoms with E-state index >= 15 is 0 Å². The van der Waals surface area contributed by atoms with E-state index in [-0.39, 0.29) is 35.3 Å². The zero-order valence-corrected chi connectivity index (χ0v) is 15.8. The van der Waals surface area contributed by atoms with Crippen molar-refractivity contribution in [1.29, 1.82) is 5.26 Å². The Morgan fingerprint density at radius 3 is 2.83 bits per heavy atom. The second-order valence-electron chi connectivity index (χ2n) is 6.86. The standard InChI is InChI=1S/C21H17N3O6/c22-10-13-19(20-15(25)5-3-7-17(20)30-21(13)23)18-9-8-12(29-18)11-28-16-6-2-1-4-14(16)24(26)27/h1-2,4,6,8-9,19H,3,5,7,11,23H2/t19-/m1/s1. The van der Waals surface area contributed by atoms with Crippen molar-refractivity contribution in [2.45, 2.75) is 31.8 Å². The lowest BCUT2D eigenvalue weighted by Crippen LogP contribution is -2.27. The van der Waals surface area contributed by atoms with Crippen molar-refractivity contribution in [2.75, 3.05) is 0 Å². The molecule has 0 spiro atoms. The summed E-state index contributed by atoms with van der Waals surface area (Å²) in [7, 11) is 0. The first-order valence-electron chi connectivity index (χ1n) is 9.28. The predicted molar refractivity (Wildman–Crippen MR) is 103 cm³/mol. The van der Waals surface area contributed by atoms with Crippen LogP contribution in [0, 0.1) is 21.4 Å². The number of hydrogen-bond acceptors (Lipinski definition) is 8. The molecule has 2 aliphatic rings. The third-order valence-corrected chi connectivity index (χ3v) is 5.00. The van der Waals surface area contributed by atoms with Crippen LogP contribution in [0.1, 0.15) is 36.7 Å². The minimum absolute atomic E-state index is 0.0370. The van der Waals surface area contributed by atoms with Gasteiger partial charge in [0, 0.05) is 24.5 Å². The van der Waals surface area contributed by atoms with E-state index in [9.17, 15) is 20.2 Å². The predicted octanol–water partition coefficient (Wildman–Crippen LogP) is 3.58. The highest BCUT2D eigenvalue weighted by atomic mass is 16.6. The molecule has 0 bridgehead atoms. The molecule has 152 valence electrons. The van der Waals surface area contributed by atoms with E-state index in [2.05, 4.69) is 0 Å². The monoisotopic (exact) mass is 407 g/mol. The number of hydrogen-bond donors (Lipinski definition) is 1. The summed E-state index contributed by atoms with van der Waals surface area (Å²) in [4.78, 5) is 23.1. The van der Waals surface area contributed by atoms with Gasteiger partial charge in [-0.1, -0.05) is 12.1 Å². The van der Waals surface area contributed by atoms with Gasteiger partial charge in [-0.25, -0.2) is 0 Å². The Balaban J connectivity index is 1.62. The number of para-hydroxylation sites is 2. The smallest absolute Gasteiger partial charge is 0.310 e. The first-order valence-corrected chi connectivity index (χ1v) is 9.28. The summed E-state index contributed by atoms with van der Waals surface area (Å²) in [5.74, 6) is 0.451. The number of nitrogens with zero attached hydrogens (tertiary/aromatic N) is 2. The summed E-state index contributed by atoms with van der Waals surface area (Å²) >= 11 is 0. The lowest BCUT2D eigenvalue weighted by molar-refractivity contribution is -0.386. The second kappa shape index (κ2) is 7.75. The number of nitro benzene ring substituents is 1. The van der Waals surface area contributed by atoms with E-state index in [1.54, 1.807) is 24.3 Å². The molecule has 2 aromatic rings. The topological polar surface area (TPSA) is 142 Å². The van der Waals surface area contributed by atoms with Crippen LogP contribution in [0.2, 0.25) is 0 Å². The van der Waals surface area contributed by atoms with Crippen molar-refractivity contribution in [3.05, 3.63) is 80.8 Å². The SMILES string of the molecule is N#CC1=C(N)OC2=C(C(=O)CCC2)[C@H]1c1ccc(COc2ccccc2[N+](=O)[O-])o1. The Morgan fingerprint density at radius 2 is 2.07 bits per heavy atom. The maximum atomic E-state index is 12.6. The molecule has 30 heavy (non-hydrogen) atoms. The molecule has 2 heterocycles. The molecule has 1 aliphatic carbocycles. The summed E-state index contributed by atoms with van der Waals surface area (Å²) in [6.07, 6.45) is 1.59. The third kappa shape index (κ3) is 3.39. The van der Waals surface area contributed by atoms with Crippen molar-refractivity contribution in [3.8, 4) is 11.8 Å². The fraction of sp³-hybridized carbons (Fsp3) is 0.238. The molecule has 9 nitrogen and oxygen atoms in total. The van der Waals surface area contributed by atoms with Crippen LogP contribution in [0.5, 0.6) is 5.75 Å². The minimum Gasteiger partial charge on any atom is -0.479 e. The maximum absolute atomic E-state index is 12.6. The second-order valence-corrected chi connectivity index (χ2v) is 6.86. The fourth-order valence-electron chi connectivity index (χ4n) is 3.65. The number of nitrogens with two attached hydrogens (primary N) is 1. The number of nitro groups is 1. The number of nitriles is 1. The molecular formula is C21H17N3O6. The molecule has 9 heteroatoms. The first-order chi connectivity index (χ1) is 14.5. The van der Waals surface area contributed by atoms with Crippen molar-refractivity contribution in [1.82, 2.24) is 0 Å². The summed E-state index contributed by atoms with van der Waals surface area (Å²) in [6.45, 7) is -0.0605. The van der Waals surface area contributed by atoms with Gasteiger partial charge in [0.1, 0.15) is 35.5 Å². The molecule has 0 radical (unpaired) electrons. The summed E-state index contributed by atoms with van der Waals surface area (Å²) in [5, 5.41) is 20.7. The molecule has 2 N–H and O–H groups in total. The molecule has 4 rings (SSSR count). The summed E-state index contributed by atoms with van der Waals surface area (Å²) in [6, 6.07) is 11.3. The largest absolute Gasteiger partial charge is 0.479 e. The Kier molecular flexibility index (Phi) is 4.98. The average Bonchev–Trinajstić information content (AvgIpc) is 3.20. The molecule has 1 atom stereocenters. The highest BCUT2D eigenvalue weighted by Gasteiger charge is 2.39. The van der Waals surface area contributed by atoms with Crippen LogP contribution >= 0.6 is 0 Å². The average molecular weight is 407 g/mol. The molecule has 0 amide bonds. The number of benzene rings is 1. The normalized spacial score (nSPS) is 18.5. The molecule has 0 fully saturated rings. The third-order valence-electron chi connectivity index (χ3n) is 5.00. The number of Topliss-reactive ketones (excluding diaryl/α,β-unsaturated/α-hetero) is 1. The molecule has 0 saturated carbocycles. The Morgan fingerprint density at radius 1 is 1.27 bits per heavy atom. The van der Waals surface area contributed by atoms with E-state index in [1.807, 2.05) is 6.07 Å². The van der Waals surface area contributed by atoms with Crippen LogP contribution in [0.4, 0.5) is 5.69 Å². The first kappa shape index (κ1) is 19.3. The summed E-state index contributed by atoms with van der Waals surface area (Å²) < 4.78 is 16.9. The highest BCUT2D eigenvalue weighted by Crippen LogP contribution is 2.43. The molecule has 0 unspecified atom stereocenters. The number of furan rings is 1. The van der Waals surface area contributed by atoms with E-state index in [0.29, 0.717) is 42.1 Å². The number of ketones is 1. The highest BCUT2D eigenvalue weighted by molar-refractivity contribution is 5.99. The van der Waals surface area contributed by atoms with Gasteiger partial charge in [-0.15, -0.1) is 0 Å². The number of carbonyl (C=O) groups is 1. The maximum Gasteiger partial charge on any atom is 0.310 e. The van der Waals surface area contributed by atoms with E-state index in [1.165, 1.54) is 12.1 Å². The van der Waals surface area contributed by atoms with Gasteiger partial charge in [0.2, 0.25) is 5.88 Å². The van der Waals surface area contributed by atoms with Crippen molar-refractivity contribution >= 4 is 11.5 Å². The van der Waals surface area contributed by atoms with Crippen molar-refractivity contribution in [3.63, 3.8) is 0 Å². The van der Waals surface area contributed by atoms with Gasteiger partial charge in [0.25, 0.3) is 0 Å². The number of allylic oxidation sites excluding steroid dienone is 3. The molecule has 0 saturated heterocycles. The van der Waals surface area contributed by atoms with E-state index in [0.717, 1.165) is 0 Å². The quantitative estimate of drug-likeness (QED) is 0.585. The number of rotatable bonds is 5. The van der Waals surface area contributed by atoms with E-state index < -0.39 is 10.8 Å². The van der Waals surface area contributed by atoms with Gasteiger partial charge < -0.3 is 19.6 Å². The van der Waals surface area contributed by atoms with Gasteiger partial charge in [-0.05, 0) is 24.6 Å². The molecule has 1 aromatic carbocycles. The van der Waals surface area contributed by atoms with Gasteiger partial charge in [-0.3, -0.25) is 14.9 Å². The zero-order valence-electron chi connectivity index (χ0n) is 15.8. The Hall–Kier alpha value is -4.06. The van der Waals surface area contributed by atoms with Crippen molar-refractivity contribution < 1.29 is 23.6 Å². The van der Waals surface area contributed by atoms with Crippen LogP contribution in [0.3, 0.4) is 0 Å². The number of ether oxygens (including phenoxy) is 2. The van der Waals surface area contributed by atoms with Gasteiger partial charge in [-0.2, -0.15) is 5.26 Å². The van der Waals surface area contributed by atoms with E-state index in [4.69, 9.17) is 19.6 Å². The van der Waals surface area contributed by atoms with Crippen LogP contribution in [-0.4, -0.2) is 10.7 Å². The minimum atomic E-state index is -0.744. The van der Waals surface area contributed by atoms with Crippen LogP contribution in [0.15, 0.2) is 63.6 Å². The number of carbonyl (C=O) groups excluding carboxylic acids is 1. The lowest BCUT2D eigenvalue weighted by atomic mass is 9.80. The van der Waals surface area contributed by atoms with Crippen molar-refractivity contribution in [2.24, 2.45) is 5.73 Å². The van der Waals surface area contributed by atoms with Gasteiger partial charge >= 0.3 is 5.69 Å². The Labute approximate surface area is 171 Å². The fourth-order valence-corrected chi connectivity index (χ4v) is 3.65. The lowest BCUT2D eigenvalue weighted by Gasteiger charge is -2.29. The molecular weight excluding hydrogens is 390 g/mol. The van der Waals surface area contributed by atoms with Crippen LogP contribution in [-0.2, 0) is 16.1 Å². The van der Waals surface area contributed by atoms with Crippen LogP contribution < -0.4 is 10.5 Å². The molecule has 1 aromatic heterocycles. The Bertz CT molecular complexity index is 1140. The van der Waals surface area contributed by atoms with Gasteiger partial charge in [0.05, 0.1) is 10.8 Å².